The first-order valence-corrected chi connectivity index (χ1v) is 5.82. The van der Waals surface area contributed by atoms with E-state index in [0.29, 0.717) is 12.1 Å². The number of fused-ring (bicyclic) bond motifs is 1. The summed E-state index contributed by atoms with van der Waals surface area (Å²) in [6.45, 7) is -0.266. The monoisotopic (exact) mass is 263 g/mol. The fourth-order valence-electron chi connectivity index (χ4n) is 2.07. The summed E-state index contributed by atoms with van der Waals surface area (Å²) < 4.78 is 1.60. The molecule has 2 aromatic heterocycles. The molecule has 1 saturated carbocycles. The number of aliphatic hydroxyl groups excluding tert-OH is 2. The molecule has 1 aliphatic carbocycles. The molecular formula is C11H13N5O3. The highest BCUT2D eigenvalue weighted by molar-refractivity contribution is 5.73. The van der Waals surface area contributed by atoms with Crippen LogP contribution in [0.5, 0.6) is 0 Å². The Morgan fingerprint density at radius 3 is 3.21 bits per heavy atom. The standard InChI is InChI=1S/C11H13N5O3/c12-11-14-9-8(10(19)15-11)13-4-16(9)2-5-1-6(5)7(18)3-17/h2,4,6-7,17-18H,1,3H2,(H3,12,14,15,19)/b5-2+/t6?,7-/m0/s1. The molecule has 2 heterocycles. The molecule has 5 N–H and O–H groups in total. The maximum Gasteiger partial charge on any atom is 0.280 e. The van der Waals surface area contributed by atoms with Gasteiger partial charge in [0.15, 0.2) is 11.2 Å². The lowest BCUT2D eigenvalue weighted by Crippen LogP contribution is -2.14. The van der Waals surface area contributed by atoms with Crippen LogP contribution in [-0.2, 0) is 0 Å². The Morgan fingerprint density at radius 1 is 1.68 bits per heavy atom. The second-order valence-corrected chi connectivity index (χ2v) is 4.54. The molecule has 19 heavy (non-hydrogen) atoms. The van der Waals surface area contributed by atoms with Gasteiger partial charge in [0.25, 0.3) is 5.56 Å². The summed E-state index contributed by atoms with van der Waals surface area (Å²) in [7, 11) is 0. The van der Waals surface area contributed by atoms with Crippen molar-refractivity contribution in [2.75, 3.05) is 12.3 Å². The molecule has 0 amide bonds. The summed E-state index contributed by atoms with van der Waals surface area (Å²) in [6.07, 6.45) is 3.19. The van der Waals surface area contributed by atoms with Gasteiger partial charge in [-0.25, -0.2) is 4.98 Å². The van der Waals surface area contributed by atoms with E-state index in [4.69, 9.17) is 10.8 Å². The molecule has 0 aromatic carbocycles. The molecule has 0 saturated heterocycles. The average Bonchev–Trinajstić information content (AvgIpc) is 3.02. The number of imidazole rings is 1. The van der Waals surface area contributed by atoms with Crippen molar-refractivity contribution in [2.45, 2.75) is 12.5 Å². The molecule has 100 valence electrons. The van der Waals surface area contributed by atoms with Crippen molar-refractivity contribution < 1.29 is 10.2 Å². The largest absolute Gasteiger partial charge is 0.394 e. The number of anilines is 1. The summed E-state index contributed by atoms with van der Waals surface area (Å²) in [5, 5.41) is 18.4. The SMILES string of the molecule is Nc1nc2c(ncn2/C=C2\CC2[C@@H](O)CO)c(=O)[nH]1. The van der Waals surface area contributed by atoms with Crippen LogP contribution in [0.15, 0.2) is 16.7 Å². The van der Waals surface area contributed by atoms with E-state index in [2.05, 4.69) is 15.0 Å². The lowest BCUT2D eigenvalue weighted by molar-refractivity contribution is 0.0815. The number of aliphatic hydroxyl groups is 2. The van der Waals surface area contributed by atoms with E-state index in [-0.39, 0.29) is 29.5 Å². The summed E-state index contributed by atoms with van der Waals surface area (Å²) in [6, 6.07) is 0. The fraction of sp³-hybridized carbons (Fsp3) is 0.364. The van der Waals surface area contributed by atoms with Gasteiger partial charge < -0.3 is 15.9 Å². The Bertz CT molecular complexity index is 717. The van der Waals surface area contributed by atoms with Gasteiger partial charge in [-0.2, -0.15) is 4.98 Å². The Morgan fingerprint density at radius 2 is 2.47 bits per heavy atom. The maximum atomic E-state index is 11.6. The van der Waals surface area contributed by atoms with E-state index in [0.717, 1.165) is 5.57 Å². The van der Waals surface area contributed by atoms with Crippen LogP contribution in [0.3, 0.4) is 0 Å². The molecule has 8 heteroatoms. The first kappa shape index (κ1) is 11.9. The maximum absolute atomic E-state index is 11.6. The Balaban J connectivity index is 2.00. The summed E-state index contributed by atoms with van der Waals surface area (Å²) in [5.74, 6) is -0.0119. The van der Waals surface area contributed by atoms with E-state index >= 15 is 0 Å². The smallest absolute Gasteiger partial charge is 0.280 e. The Hall–Kier alpha value is -2.19. The molecule has 0 bridgehead atoms. The molecule has 0 spiro atoms. The minimum Gasteiger partial charge on any atom is -0.394 e. The number of aromatic nitrogens is 4. The highest BCUT2D eigenvalue weighted by Crippen LogP contribution is 2.41. The molecule has 0 aliphatic heterocycles. The van der Waals surface area contributed by atoms with Crippen LogP contribution in [0.1, 0.15) is 6.42 Å². The van der Waals surface area contributed by atoms with Crippen molar-refractivity contribution in [1.82, 2.24) is 19.5 Å². The van der Waals surface area contributed by atoms with E-state index < -0.39 is 6.10 Å². The third kappa shape index (κ3) is 2.00. The number of rotatable bonds is 3. The summed E-state index contributed by atoms with van der Waals surface area (Å²) in [4.78, 5) is 22.0. The second-order valence-electron chi connectivity index (χ2n) is 4.54. The third-order valence-corrected chi connectivity index (χ3v) is 3.18. The van der Waals surface area contributed by atoms with Crippen molar-refractivity contribution >= 4 is 23.3 Å². The Labute approximate surface area is 107 Å². The van der Waals surface area contributed by atoms with Gasteiger partial charge in [0.05, 0.1) is 12.7 Å². The zero-order valence-corrected chi connectivity index (χ0v) is 9.95. The van der Waals surface area contributed by atoms with Crippen molar-refractivity contribution in [1.29, 1.82) is 0 Å². The molecule has 1 fully saturated rings. The number of nitrogens with one attached hydrogen (secondary N) is 1. The number of nitrogen functional groups attached to an aromatic ring is 1. The minimum atomic E-state index is -0.748. The summed E-state index contributed by atoms with van der Waals surface area (Å²) >= 11 is 0. The lowest BCUT2D eigenvalue weighted by atomic mass is 10.2. The number of nitrogens with zero attached hydrogens (tertiary/aromatic N) is 3. The van der Waals surface area contributed by atoms with Crippen LogP contribution < -0.4 is 11.3 Å². The predicted octanol–water partition coefficient (Wildman–Crippen LogP) is -1.08. The highest BCUT2D eigenvalue weighted by Gasteiger charge is 2.36. The number of H-pyrrole nitrogens is 1. The van der Waals surface area contributed by atoms with E-state index in [9.17, 15) is 9.90 Å². The molecule has 3 rings (SSSR count). The van der Waals surface area contributed by atoms with Gasteiger partial charge in [-0.15, -0.1) is 0 Å². The predicted molar refractivity (Wildman–Crippen MR) is 68.0 cm³/mol. The van der Waals surface area contributed by atoms with Crippen molar-refractivity contribution in [2.24, 2.45) is 5.92 Å². The first-order chi connectivity index (χ1) is 9.10. The normalized spacial score (nSPS) is 22.0. The molecule has 1 aliphatic rings. The van der Waals surface area contributed by atoms with Gasteiger partial charge in [-0.3, -0.25) is 14.3 Å². The van der Waals surface area contributed by atoms with Crippen molar-refractivity contribution in [3.8, 4) is 0 Å². The van der Waals surface area contributed by atoms with Crippen LogP contribution in [0.4, 0.5) is 5.95 Å². The van der Waals surface area contributed by atoms with Crippen LogP contribution in [-0.4, -0.2) is 42.4 Å². The number of nitrogens with two attached hydrogens (primary N) is 1. The quantitative estimate of drug-likeness (QED) is 0.557. The zero-order valence-electron chi connectivity index (χ0n) is 9.95. The van der Waals surface area contributed by atoms with Crippen molar-refractivity contribution in [3.63, 3.8) is 0 Å². The molecule has 8 nitrogen and oxygen atoms in total. The number of aromatic amines is 1. The molecule has 0 radical (unpaired) electrons. The van der Waals surface area contributed by atoms with Gasteiger partial charge >= 0.3 is 0 Å². The van der Waals surface area contributed by atoms with Gasteiger partial charge in [-0.1, -0.05) is 0 Å². The van der Waals surface area contributed by atoms with Gasteiger partial charge in [-0.05, 0) is 12.0 Å². The van der Waals surface area contributed by atoms with E-state index in [1.807, 2.05) is 0 Å². The van der Waals surface area contributed by atoms with Crippen LogP contribution >= 0.6 is 0 Å². The Kier molecular flexibility index (Phi) is 2.61. The van der Waals surface area contributed by atoms with Gasteiger partial charge in [0, 0.05) is 12.1 Å². The first-order valence-electron chi connectivity index (χ1n) is 5.82. The number of hydrogen-bond acceptors (Lipinski definition) is 6. The van der Waals surface area contributed by atoms with Crippen molar-refractivity contribution in [3.05, 3.63) is 22.3 Å². The average molecular weight is 263 g/mol. The number of hydrogen-bond donors (Lipinski definition) is 4. The highest BCUT2D eigenvalue weighted by atomic mass is 16.3. The second kappa shape index (κ2) is 4.18. The van der Waals surface area contributed by atoms with Crippen LogP contribution in [0.2, 0.25) is 0 Å². The zero-order chi connectivity index (χ0) is 13.6. The van der Waals surface area contributed by atoms with E-state index in [1.165, 1.54) is 6.33 Å². The molecule has 2 aromatic rings. The van der Waals surface area contributed by atoms with Crippen LogP contribution in [0.25, 0.3) is 17.4 Å². The van der Waals surface area contributed by atoms with Gasteiger partial charge in [0.1, 0.15) is 6.33 Å². The van der Waals surface area contributed by atoms with E-state index in [1.54, 1.807) is 10.8 Å². The van der Waals surface area contributed by atoms with Gasteiger partial charge in [0.2, 0.25) is 5.95 Å². The molecule has 2 atom stereocenters. The topological polar surface area (TPSA) is 130 Å². The molecular weight excluding hydrogens is 250 g/mol. The minimum absolute atomic E-state index is 0.0281. The third-order valence-electron chi connectivity index (χ3n) is 3.18. The van der Waals surface area contributed by atoms with Crippen LogP contribution in [0, 0.1) is 5.92 Å². The molecule has 1 unspecified atom stereocenters. The lowest BCUT2D eigenvalue weighted by Gasteiger charge is -2.01. The summed E-state index contributed by atoms with van der Waals surface area (Å²) in [5.41, 5.74) is 6.67. The fourth-order valence-corrected chi connectivity index (χ4v) is 2.07.